The predicted octanol–water partition coefficient (Wildman–Crippen LogP) is 3.06. The summed E-state index contributed by atoms with van der Waals surface area (Å²) >= 11 is 0. The summed E-state index contributed by atoms with van der Waals surface area (Å²) in [4.78, 5) is 24.1. The van der Waals surface area contributed by atoms with E-state index in [0.717, 1.165) is 19.3 Å². The number of unbranched alkanes of at least 4 members (excludes halogenated alkanes) is 4. The van der Waals surface area contributed by atoms with Crippen molar-refractivity contribution in [3.05, 3.63) is 0 Å². The van der Waals surface area contributed by atoms with Gasteiger partial charge in [-0.3, -0.25) is 9.59 Å². The fourth-order valence-corrected chi connectivity index (χ4v) is 1.90. The lowest BCUT2D eigenvalue weighted by molar-refractivity contribution is -0.138. The number of carbonyl (C=O) groups is 2. The average Bonchev–Trinajstić information content (AvgIpc) is 2.33. The summed E-state index contributed by atoms with van der Waals surface area (Å²) in [7, 11) is 0. The van der Waals surface area contributed by atoms with Gasteiger partial charge in [0.2, 0.25) is 5.91 Å². The van der Waals surface area contributed by atoms with E-state index in [1.807, 2.05) is 6.92 Å². The molecule has 0 aliphatic heterocycles. The SMILES string of the molecule is CCCCCCCC(=O)N(CCC)CCC(=O)O. The minimum atomic E-state index is -0.841. The van der Waals surface area contributed by atoms with Crippen LogP contribution < -0.4 is 0 Å². The minimum Gasteiger partial charge on any atom is -0.481 e. The van der Waals surface area contributed by atoms with Crippen molar-refractivity contribution in [1.82, 2.24) is 4.90 Å². The van der Waals surface area contributed by atoms with Gasteiger partial charge < -0.3 is 10.0 Å². The zero-order valence-corrected chi connectivity index (χ0v) is 11.8. The molecule has 18 heavy (non-hydrogen) atoms. The molecule has 0 unspecified atom stereocenters. The van der Waals surface area contributed by atoms with Crippen LogP contribution >= 0.6 is 0 Å². The Bertz CT molecular complexity index is 241. The molecule has 0 bridgehead atoms. The lowest BCUT2D eigenvalue weighted by Gasteiger charge is -2.21. The number of nitrogens with zero attached hydrogens (tertiary/aromatic N) is 1. The molecule has 0 aliphatic rings. The topological polar surface area (TPSA) is 57.6 Å². The highest BCUT2D eigenvalue weighted by Crippen LogP contribution is 2.07. The third kappa shape index (κ3) is 9.02. The lowest BCUT2D eigenvalue weighted by atomic mass is 10.1. The summed E-state index contributed by atoms with van der Waals surface area (Å²) in [5.74, 6) is -0.735. The van der Waals surface area contributed by atoms with Gasteiger partial charge in [0, 0.05) is 19.5 Å². The van der Waals surface area contributed by atoms with Crippen molar-refractivity contribution in [1.29, 1.82) is 0 Å². The van der Waals surface area contributed by atoms with Crippen LogP contribution in [0.5, 0.6) is 0 Å². The van der Waals surface area contributed by atoms with E-state index >= 15 is 0 Å². The van der Waals surface area contributed by atoms with Gasteiger partial charge >= 0.3 is 5.97 Å². The van der Waals surface area contributed by atoms with Crippen LogP contribution in [0.15, 0.2) is 0 Å². The molecule has 0 aliphatic carbocycles. The second kappa shape index (κ2) is 11.1. The summed E-state index contributed by atoms with van der Waals surface area (Å²) in [6, 6.07) is 0. The fraction of sp³-hybridized carbons (Fsp3) is 0.857. The van der Waals surface area contributed by atoms with Gasteiger partial charge in [0.25, 0.3) is 0 Å². The first-order chi connectivity index (χ1) is 8.61. The van der Waals surface area contributed by atoms with Crippen molar-refractivity contribution in [2.24, 2.45) is 0 Å². The molecule has 0 spiro atoms. The smallest absolute Gasteiger partial charge is 0.305 e. The molecule has 0 aromatic heterocycles. The van der Waals surface area contributed by atoms with Gasteiger partial charge in [-0.1, -0.05) is 39.5 Å². The molecular formula is C14H27NO3. The van der Waals surface area contributed by atoms with Gasteiger partial charge in [0.15, 0.2) is 0 Å². The van der Waals surface area contributed by atoms with Crippen molar-refractivity contribution in [2.75, 3.05) is 13.1 Å². The highest BCUT2D eigenvalue weighted by Gasteiger charge is 2.13. The van der Waals surface area contributed by atoms with Crippen molar-refractivity contribution < 1.29 is 14.7 Å². The van der Waals surface area contributed by atoms with Gasteiger partial charge in [0.1, 0.15) is 0 Å². The zero-order chi connectivity index (χ0) is 13.8. The van der Waals surface area contributed by atoms with E-state index in [9.17, 15) is 9.59 Å². The highest BCUT2D eigenvalue weighted by atomic mass is 16.4. The number of hydrogen-bond donors (Lipinski definition) is 1. The normalized spacial score (nSPS) is 10.3. The van der Waals surface area contributed by atoms with E-state index in [2.05, 4.69) is 6.92 Å². The number of carbonyl (C=O) groups excluding carboxylic acids is 1. The van der Waals surface area contributed by atoms with E-state index in [-0.39, 0.29) is 12.3 Å². The van der Waals surface area contributed by atoms with Crippen LogP contribution in [0.1, 0.15) is 65.2 Å². The van der Waals surface area contributed by atoms with E-state index < -0.39 is 5.97 Å². The molecule has 0 radical (unpaired) electrons. The van der Waals surface area contributed by atoms with Gasteiger partial charge in [-0.2, -0.15) is 0 Å². The minimum absolute atomic E-state index is 0.0432. The van der Waals surface area contributed by atoms with Gasteiger partial charge in [0.05, 0.1) is 6.42 Å². The molecule has 1 amide bonds. The molecule has 0 fully saturated rings. The summed E-state index contributed by atoms with van der Waals surface area (Å²) in [5.41, 5.74) is 0. The number of aliphatic carboxylic acids is 1. The van der Waals surface area contributed by atoms with Crippen LogP contribution in [0.4, 0.5) is 0 Å². The van der Waals surface area contributed by atoms with Crippen LogP contribution in [0, 0.1) is 0 Å². The summed E-state index contributed by atoms with van der Waals surface area (Å²) in [5, 5.41) is 8.65. The maximum atomic E-state index is 11.9. The summed E-state index contributed by atoms with van der Waals surface area (Å²) in [6.07, 6.45) is 7.11. The molecular weight excluding hydrogens is 230 g/mol. The Morgan fingerprint density at radius 1 is 0.889 bits per heavy atom. The summed E-state index contributed by atoms with van der Waals surface area (Å²) in [6.45, 7) is 5.18. The first-order valence-corrected chi connectivity index (χ1v) is 7.11. The molecule has 4 heteroatoms. The molecule has 0 rings (SSSR count). The van der Waals surface area contributed by atoms with Crippen LogP contribution in [-0.4, -0.2) is 35.0 Å². The van der Waals surface area contributed by atoms with Gasteiger partial charge in [-0.25, -0.2) is 0 Å². The van der Waals surface area contributed by atoms with Crippen LogP contribution in [0.2, 0.25) is 0 Å². The maximum absolute atomic E-state index is 11.9. The summed E-state index contributed by atoms with van der Waals surface area (Å²) < 4.78 is 0. The second-order valence-electron chi connectivity index (χ2n) is 4.69. The Morgan fingerprint density at radius 2 is 1.56 bits per heavy atom. The number of hydrogen-bond acceptors (Lipinski definition) is 2. The number of amides is 1. The second-order valence-corrected chi connectivity index (χ2v) is 4.69. The zero-order valence-electron chi connectivity index (χ0n) is 11.8. The first kappa shape index (κ1) is 16.9. The molecule has 0 saturated heterocycles. The van der Waals surface area contributed by atoms with Crippen molar-refractivity contribution in [2.45, 2.75) is 65.2 Å². The molecule has 0 saturated carbocycles. The largest absolute Gasteiger partial charge is 0.481 e. The quantitative estimate of drug-likeness (QED) is 0.579. The van der Waals surface area contributed by atoms with Crippen molar-refractivity contribution >= 4 is 11.9 Å². The lowest BCUT2D eigenvalue weighted by Crippen LogP contribution is -2.33. The third-order valence-corrected chi connectivity index (χ3v) is 2.94. The van der Waals surface area contributed by atoms with E-state index in [0.29, 0.717) is 19.5 Å². The first-order valence-electron chi connectivity index (χ1n) is 7.11. The number of carboxylic acid groups (broad SMARTS) is 1. The Hall–Kier alpha value is -1.06. The average molecular weight is 257 g/mol. The van der Waals surface area contributed by atoms with E-state index in [1.165, 1.54) is 19.3 Å². The molecule has 0 aromatic rings. The van der Waals surface area contributed by atoms with Crippen molar-refractivity contribution in [3.63, 3.8) is 0 Å². The van der Waals surface area contributed by atoms with Gasteiger partial charge in [-0.05, 0) is 12.8 Å². The fourth-order valence-electron chi connectivity index (χ4n) is 1.90. The van der Waals surface area contributed by atoms with E-state index in [1.54, 1.807) is 4.90 Å². The maximum Gasteiger partial charge on any atom is 0.305 e. The Morgan fingerprint density at radius 3 is 2.11 bits per heavy atom. The van der Waals surface area contributed by atoms with E-state index in [4.69, 9.17) is 5.11 Å². The molecule has 1 N–H and O–H groups in total. The predicted molar refractivity (Wildman–Crippen MR) is 72.5 cm³/mol. The van der Waals surface area contributed by atoms with Crippen molar-refractivity contribution in [3.8, 4) is 0 Å². The van der Waals surface area contributed by atoms with Gasteiger partial charge in [-0.15, -0.1) is 0 Å². The number of rotatable bonds is 11. The third-order valence-electron chi connectivity index (χ3n) is 2.94. The number of carboxylic acids is 1. The molecule has 4 nitrogen and oxygen atoms in total. The Labute approximate surface area is 110 Å². The molecule has 0 aromatic carbocycles. The monoisotopic (exact) mass is 257 g/mol. The van der Waals surface area contributed by atoms with Crippen LogP contribution in [0.25, 0.3) is 0 Å². The molecule has 0 atom stereocenters. The van der Waals surface area contributed by atoms with Crippen LogP contribution in [-0.2, 0) is 9.59 Å². The molecule has 106 valence electrons. The highest BCUT2D eigenvalue weighted by molar-refractivity contribution is 5.77. The Balaban J connectivity index is 3.86. The van der Waals surface area contributed by atoms with Crippen LogP contribution in [0.3, 0.4) is 0 Å². The molecule has 0 heterocycles. The Kier molecular flexibility index (Phi) is 10.4. The standard InChI is InChI=1S/C14H27NO3/c1-3-5-6-7-8-9-13(16)15(11-4-2)12-10-14(17)18/h3-12H2,1-2H3,(H,17,18).